The number of alkyl halides is 6. The second-order valence-corrected chi connectivity index (χ2v) is 9.08. The smallest absolute Gasteiger partial charge is 0.389 e. The quantitative estimate of drug-likeness (QED) is 0.367. The molecule has 216 valence electrons. The summed E-state index contributed by atoms with van der Waals surface area (Å²) in [5.41, 5.74) is 6.68. The van der Waals surface area contributed by atoms with Crippen molar-refractivity contribution >= 4 is 29.1 Å². The number of nitrogens with one attached hydrogen (secondary N) is 2. The van der Waals surface area contributed by atoms with E-state index in [2.05, 4.69) is 15.6 Å². The van der Waals surface area contributed by atoms with Gasteiger partial charge in [0.2, 0.25) is 18.0 Å². The van der Waals surface area contributed by atoms with Crippen molar-refractivity contribution < 1.29 is 45.5 Å². The summed E-state index contributed by atoms with van der Waals surface area (Å²) in [5.74, 6) is -6.92. The number of methoxy groups -OCH3 is 1. The van der Waals surface area contributed by atoms with Crippen molar-refractivity contribution in [3.8, 4) is 5.75 Å². The zero-order valence-electron chi connectivity index (χ0n) is 21.1. The summed E-state index contributed by atoms with van der Waals surface area (Å²) in [6, 6.07) is 13.2. The van der Waals surface area contributed by atoms with E-state index >= 15 is 0 Å². The number of primary amides is 1. The number of benzodiazepines with no additional fused rings is 1. The Balaban J connectivity index is 1.99. The van der Waals surface area contributed by atoms with Gasteiger partial charge < -0.3 is 21.1 Å². The minimum absolute atomic E-state index is 0.234. The van der Waals surface area contributed by atoms with Crippen LogP contribution in [0.3, 0.4) is 0 Å². The van der Waals surface area contributed by atoms with Gasteiger partial charge >= 0.3 is 12.4 Å². The van der Waals surface area contributed by atoms with Gasteiger partial charge in [0, 0.05) is 41.9 Å². The number of ether oxygens (including phenoxy) is 1. The third kappa shape index (κ3) is 8.20. The molecule has 3 rings (SSSR count). The SMILES string of the molecule is COc1ccc2c(c1)NC(=O)[C@@H](NC(=O)[C@@H](CCC(F)(F)F)[C@@H](CCC(F)(F)F)C(N)=O)N=C2c1ccccc1. The first-order valence-electron chi connectivity index (χ1n) is 12.0. The van der Waals surface area contributed by atoms with Gasteiger partial charge in [-0.05, 0) is 25.0 Å². The van der Waals surface area contributed by atoms with E-state index in [-0.39, 0.29) is 11.4 Å². The molecular weight excluding hydrogens is 546 g/mol. The van der Waals surface area contributed by atoms with Crippen LogP contribution in [-0.2, 0) is 14.4 Å². The van der Waals surface area contributed by atoms with Crippen LogP contribution in [0.1, 0.15) is 36.8 Å². The van der Waals surface area contributed by atoms with E-state index in [0.717, 1.165) is 0 Å². The van der Waals surface area contributed by atoms with Gasteiger partial charge in [-0.15, -0.1) is 0 Å². The number of carbonyl (C=O) groups excluding carboxylic acids is 3. The van der Waals surface area contributed by atoms with E-state index in [1.165, 1.54) is 13.2 Å². The minimum Gasteiger partial charge on any atom is -0.497 e. The second-order valence-electron chi connectivity index (χ2n) is 9.08. The maximum Gasteiger partial charge on any atom is 0.389 e. The summed E-state index contributed by atoms with van der Waals surface area (Å²) in [6.07, 6.45) is -16.4. The van der Waals surface area contributed by atoms with Crippen LogP contribution in [0.4, 0.5) is 32.0 Å². The van der Waals surface area contributed by atoms with Gasteiger partial charge in [-0.3, -0.25) is 14.4 Å². The molecule has 0 saturated carbocycles. The van der Waals surface area contributed by atoms with Gasteiger partial charge in [-0.2, -0.15) is 26.3 Å². The van der Waals surface area contributed by atoms with Gasteiger partial charge in [0.15, 0.2) is 0 Å². The van der Waals surface area contributed by atoms with E-state index < -0.39 is 73.8 Å². The minimum atomic E-state index is -4.77. The molecule has 0 fully saturated rings. The van der Waals surface area contributed by atoms with Crippen LogP contribution in [0, 0.1) is 11.8 Å². The number of rotatable bonds is 10. The van der Waals surface area contributed by atoms with Crippen LogP contribution in [0.25, 0.3) is 0 Å². The van der Waals surface area contributed by atoms with Crippen LogP contribution >= 0.6 is 0 Å². The molecule has 4 N–H and O–H groups in total. The molecule has 3 atom stereocenters. The van der Waals surface area contributed by atoms with Crippen molar-refractivity contribution in [2.75, 3.05) is 12.4 Å². The summed E-state index contributed by atoms with van der Waals surface area (Å²) in [4.78, 5) is 42.7. The number of anilines is 1. The highest BCUT2D eigenvalue weighted by Gasteiger charge is 2.40. The first-order chi connectivity index (χ1) is 18.7. The molecule has 1 heterocycles. The van der Waals surface area contributed by atoms with Crippen molar-refractivity contribution in [2.45, 2.75) is 44.2 Å². The molecule has 0 spiro atoms. The fourth-order valence-electron chi connectivity index (χ4n) is 4.28. The molecule has 1 aliphatic heterocycles. The Morgan fingerprint density at radius 3 is 2.15 bits per heavy atom. The van der Waals surface area contributed by atoms with Crippen molar-refractivity contribution in [1.82, 2.24) is 5.32 Å². The van der Waals surface area contributed by atoms with Gasteiger partial charge in [0.05, 0.1) is 18.5 Å². The predicted molar refractivity (Wildman–Crippen MR) is 132 cm³/mol. The summed E-state index contributed by atoms with van der Waals surface area (Å²) < 4.78 is 82.9. The highest BCUT2D eigenvalue weighted by atomic mass is 19.4. The average Bonchev–Trinajstić information content (AvgIpc) is 3.00. The maximum atomic E-state index is 13.2. The lowest BCUT2D eigenvalue weighted by Crippen LogP contribution is -2.48. The molecule has 0 saturated heterocycles. The molecule has 8 nitrogen and oxygen atoms in total. The van der Waals surface area contributed by atoms with E-state index in [0.29, 0.717) is 16.9 Å². The highest BCUT2D eigenvalue weighted by molar-refractivity contribution is 6.20. The molecule has 0 aliphatic carbocycles. The number of hydrogen-bond donors (Lipinski definition) is 3. The number of benzene rings is 2. The summed E-state index contributed by atoms with van der Waals surface area (Å²) in [5, 5.41) is 4.79. The average molecular weight is 573 g/mol. The van der Waals surface area contributed by atoms with Crippen molar-refractivity contribution in [2.24, 2.45) is 22.6 Å². The topological polar surface area (TPSA) is 123 Å². The first kappa shape index (κ1) is 30.4. The third-order valence-electron chi connectivity index (χ3n) is 6.24. The first-order valence-corrected chi connectivity index (χ1v) is 12.0. The van der Waals surface area contributed by atoms with E-state index in [1.54, 1.807) is 42.5 Å². The Hall–Kier alpha value is -4.10. The number of halogens is 6. The standard InChI is InChI=1S/C26H26F6N4O4/c1-40-15-7-8-18-19(13-15)34-24(39)22(35-20(18)14-5-3-2-4-6-14)36-23(38)17(10-12-26(30,31)32)16(21(33)37)9-11-25(27,28)29/h2-8,13,16-17,22H,9-12H2,1H3,(H2,33,37)(H,34,39)(H,36,38)/t16-,17+,22-/m1/s1. The van der Waals surface area contributed by atoms with Crippen molar-refractivity contribution in [3.63, 3.8) is 0 Å². The molecule has 0 unspecified atom stereocenters. The Morgan fingerprint density at radius 1 is 1.00 bits per heavy atom. The Labute approximate surface area is 225 Å². The number of carbonyl (C=O) groups is 3. The molecule has 40 heavy (non-hydrogen) atoms. The van der Waals surface area contributed by atoms with Gasteiger partial charge in [0.25, 0.3) is 5.91 Å². The summed E-state index contributed by atoms with van der Waals surface area (Å²) in [7, 11) is 1.41. The van der Waals surface area contributed by atoms with Crippen LogP contribution in [-0.4, -0.2) is 49.1 Å². The fraction of sp³-hybridized carbons (Fsp3) is 0.385. The lowest BCUT2D eigenvalue weighted by molar-refractivity contribution is -0.152. The van der Waals surface area contributed by atoms with Gasteiger partial charge in [-0.25, -0.2) is 4.99 Å². The number of nitrogens with two attached hydrogens (primary N) is 1. The molecule has 2 aromatic carbocycles. The van der Waals surface area contributed by atoms with Crippen molar-refractivity contribution in [3.05, 3.63) is 59.7 Å². The maximum absolute atomic E-state index is 13.2. The molecule has 14 heteroatoms. The Morgan fingerprint density at radius 2 is 1.60 bits per heavy atom. The molecule has 0 aromatic heterocycles. The number of hydrogen-bond acceptors (Lipinski definition) is 5. The Kier molecular flexibility index (Phi) is 9.43. The third-order valence-corrected chi connectivity index (χ3v) is 6.24. The van der Waals surface area contributed by atoms with Crippen LogP contribution < -0.4 is 21.1 Å². The van der Waals surface area contributed by atoms with E-state index in [4.69, 9.17) is 10.5 Å². The zero-order valence-corrected chi connectivity index (χ0v) is 21.1. The normalized spacial score (nSPS) is 17.0. The van der Waals surface area contributed by atoms with Gasteiger partial charge in [-0.1, -0.05) is 30.3 Å². The second kappa shape index (κ2) is 12.4. The van der Waals surface area contributed by atoms with Gasteiger partial charge in [0.1, 0.15) is 5.75 Å². The highest BCUT2D eigenvalue weighted by Crippen LogP contribution is 2.33. The summed E-state index contributed by atoms with van der Waals surface area (Å²) in [6.45, 7) is 0. The van der Waals surface area contributed by atoms with Crippen LogP contribution in [0.2, 0.25) is 0 Å². The lowest BCUT2D eigenvalue weighted by atomic mass is 9.83. The van der Waals surface area contributed by atoms with E-state index in [1.807, 2.05) is 0 Å². The molecular formula is C26H26F6N4O4. The predicted octanol–water partition coefficient (Wildman–Crippen LogP) is 4.33. The summed E-state index contributed by atoms with van der Waals surface area (Å²) >= 11 is 0. The fourth-order valence-corrected chi connectivity index (χ4v) is 4.28. The largest absolute Gasteiger partial charge is 0.497 e. The molecule has 1 aliphatic rings. The number of fused-ring (bicyclic) bond motifs is 1. The van der Waals surface area contributed by atoms with E-state index in [9.17, 15) is 40.7 Å². The van der Waals surface area contributed by atoms with Crippen LogP contribution in [0.15, 0.2) is 53.5 Å². The number of nitrogens with zero attached hydrogens (tertiary/aromatic N) is 1. The monoisotopic (exact) mass is 572 g/mol. The zero-order chi connectivity index (χ0) is 29.7. The molecule has 0 bridgehead atoms. The van der Waals surface area contributed by atoms with Crippen LogP contribution in [0.5, 0.6) is 5.75 Å². The molecule has 3 amide bonds. The number of amides is 3. The Bertz CT molecular complexity index is 1260. The molecule has 0 radical (unpaired) electrons. The number of aliphatic imine (C=N–C) groups is 1. The molecule has 2 aromatic rings. The van der Waals surface area contributed by atoms with Crippen molar-refractivity contribution in [1.29, 1.82) is 0 Å². The lowest BCUT2D eigenvalue weighted by Gasteiger charge is -2.26.